The van der Waals surface area contributed by atoms with Crippen LogP contribution in [-0.4, -0.2) is 11.9 Å². The van der Waals surface area contributed by atoms with Gasteiger partial charge in [0, 0.05) is 22.0 Å². The summed E-state index contributed by atoms with van der Waals surface area (Å²) in [4.78, 5) is 0. The summed E-state index contributed by atoms with van der Waals surface area (Å²) in [6.07, 6.45) is 4.76. The van der Waals surface area contributed by atoms with Crippen molar-refractivity contribution in [3.63, 3.8) is 0 Å². The predicted molar refractivity (Wildman–Crippen MR) is 79.8 cm³/mol. The van der Waals surface area contributed by atoms with Crippen molar-refractivity contribution in [2.45, 2.75) is 37.6 Å². The third-order valence-electron chi connectivity index (χ3n) is 3.54. The minimum atomic E-state index is 0.395. The van der Waals surface area contributed by atoms with E-state index in [1.54, 1.807) is 6.07 Å². The van der Waals surface area contributed by atoms with E-state index < -0.39 is 0 Å². The largest absolute Gasteiger partial charge is 0.312 e. The summed E-state index contributed by atoms with van der Waals surface area (Å²) >= 11 is 18.1. The highest BCUT2D eigenvalue weighted by molar-refractivity contribution is 6.35. The van der Waals surface area contributed by atoms with Crippen LogP contribution in [0.2, 0.25) is 10.0 Å². The van der Waals surface area contributed by atoms with Gasteiger partial charge < -0.3 is 5.32 Å². The van der Waals surface area contributed by atoms with Crippen LogP contribution in [0.25, 0.3) is 0 Å². The fraction of sp³-hybridized carbons (Fsp3) is 0.571. The van der Waals surface area contributed by atoms with Crippen molar-refractivity contribution in [3.05, 3.63) is 33.8 Å². The van der Waals surface area contributed by atoms with E-state index in [2.05, 4.69) is 5.32 Å². The molecule has 0 heterocycles. The van der Waals surface area contributed by atoms with Gasteiger partial charge in [0.05, 0.1) is 0 Å². The fourth-order valence-corrected chi connectivity index (χ4v) is 3.13. The van der Waals surface area contributed by atoms with E-state index in [0.29, 0.717) is 10.4 Å². The molecule has 0 radical (unpaired) electrons. The first-order valence-corrected chi connectivity index (χ1v) is 7.63. The Morgan fingerprint density at radius 1 is 1.11 bits per heavy atom. The lowest BCUT2D eigenvalue weighted by atomic mass is 9.89. The lowest BCUT2D eigenvalue weighted by Crippen LogP contribution is -2.26. The van der Waals surface area contributed by atoms with E-state index in [1.807, 2.05) is 12.1 Å². The van der Waals surface area contributed by atoms with Crippen molar-refractivity contribution in [3.8, 4) is 0 Å². The van der Waals surface area contributed by atoms with Crippen LogP contribution >= 0.6 is 34.8 Å². The topological polar surface area (TPSA) is 12.0 Å². The van der Waals surface area contributed by atoms with Gasteiger partial charge in [0.15, 0.2) is 0 Å². The zero-order valence-corrected chi connectivity index (χ0v) is 12.5. The molecule has 4 heteroatoms. The van der Waals surface area contributed by atoms with Crippen molar-refractivity contribution < 1.29 is 0 Å². The Kier molecular flexibility index (Phi) is 5.62. The molecule has 1 saturated carbocycles. The number of hydrogen-bond acceptors (Lipinski definition) is 1. The van der Waals surface area contributed by atoms with Gasteiger partial charge in [0.1, 0.15) is 0 Å². The van der Waals surface area contributed by atoms with Gasteiger partial charge >= 0.3 is 0 Å². The summed E-state index contributed by atoms with van der Waals surface area (Å²) in [5.41, 5.74) is 1.10. The first kappa shape index (κ1) is 14.5. The molecule has 0 aromatic heterocycles. The van der Waals surface area contributed by atoms with Crippen LogP contribution in [-0.2, 0) is 6.54 Å². The maximum absolute atomic E-state index is 6.13. The molecule has 18 heavy (non-hydrogen) atoms. The SMILES string of the molecule is Clc1ccc(CNCC2CCC(Cl)CC2)c(Cl)c1. The van der Waals surface area contributed by atoms with Crippen LogP contribution in [0.5, 0.6) is 0 Å². The molecule has 1 fully saturated rings. The molecule has 100 valence electrons. The highest BCUT2D eigenvalue weighted by Gasteiger charge is 2.18. The van der Waals surface area contributed by atoms with Crippen molar-refractivity contribution in [2.75, 3.05) is 6.54 Å². The summed E-state index contributed by atoms with van der Waals surface area (Å²) < 4.78 is 0. The average Bonchev–Trinajstić information content (AvgIpc) is 2.34. The van der Waals surface area contributed by atoms with Crippen LogP contribution in [0.4, 0.5) is 0 Å². The molecule has 2 rings (SSSR count). The molecule has 1 aromatic rings. The molecule has 1 aliphatic rings. The lowest BCUT2D eigenvalue weighted by molar-refractivity contribution is 0.345. The Labute approximate surface area is 124 Å². The zero-order chi connectivity index (χ0) is 13.0. The first-order chi connectivity index (χ1) is 8.65. The molecule has 0 amide bonds. The standard InChI is InChI=1S/C14H18Cl3N/c15-12-4-1-10(2-5-12)8-18-9-11-3-6-13(16)7-14(11)17/h3,6-7,10,12,18H,1-2,4-5,8-9H2. The number of benzene rings is 1. The molecule has 1 aromatic carbocycles. The Morgan fingerprint density at radius 2 is 1.83 bits per heavy atom. The molecule has 0 saturated heterocycles. The number of alkyl halides is 1. The normalized spacial score (nSPS) is 24.2. The molecule has 0 bridgehead atoms. The van der Waals surface area contributed by atoms with Gasteiger partial charge in [-0.25, -0.2) is 0 Å². The van der Waals surface area contributed by atoms with E-state index in [4.69, 9.17) is 34.8 Å². The molecule has 0 aliphatic heterocycles. The fourth-order valence-electron chi connectivity index (χ4n) is 2.40. The molecule has 1 nitrogen and oxygen atoms in total. The van der Waals surface area contributed by atoms with Crippen molar-refractivity contribution in [2.24, 2.45) is 5.92 Å². The second-order valence-electron chi connectivity index (χ2n) is 4.98. The van der Waals surface area contributed by atoms with E-state index in [9.17, 15) is 0 Å². The minimum Gasteiger partial charge on any atom is -0.312 e. The maximum Gasteiger partial charge on any atom is 0.0465 e. The monoisotopic (exact) mass is 305 g/mol. The maximum atomic E-state index is 6.13. The lowest BCUT2D eigenvalue weighted by Gasteiger charge is -2.25. The number of hydrogen-bond donors (Lipinski definition) is 1. The average molecular weight is 307 g/mol. The van der Waals surface area contributed by atoms with E-state index in [0.717, 1.165) is 42.4 Å². The van der Waals surface area contributed by atoms with Crippen LogP contribution < -0.4 is 5.32 Å². The summed E-state index contributed by atoms with van der Waals surface area (Å²) in [6.45, 7) is 1.85. The molecule has 0 spiro atoms. The third kappa shape index (κ3) is 4.31. The molecule has 1 N–H and O–H groups in total. The molecule has 1 aliphatic carbocycles. The van der Waals surface area contributed by atoms with E-state index >= 15 is 0 Å². The second-order valence-corrected chi connectivity index (χ2v) is 6.45. The summed E-state index contributed by atoms with van der Waals surface area (Å²) in [5, 5.41) is 5.29. The molecule has 0 atom stereocenters. The van der Waals surface area contributed by atoms with Gasteiger partial charge in [-0.15, -0.1) is 11.6 Å². The predicted octanol–water partition coefficient (Wildman–Crippen LogP) is 4.88. The van der Waals surface area contributed by atoms with Gasteiger partial charge in [-0.2, -0.15) is 0 Å². The highest BCUT2D eigenvalue weighted by Crippen LogP contribution is 2.27. The van der Waals surface area contributed by atoms with Gasteiger partial charge in [-0.3, -0.25) is 0 Å². The summed E-state index contributed by atoms with van der Waals surface area (Å²) in [5.74, 6) is 0.756. The number of halogens is 3. The molecular formula is C14H18Cl3N. The Balaban J connectivity index is 1.75. The highest BCUT2D eigenvalue weighted by atomic mass is 35.5. The van der Waals surface area contributed by atoms with Crippen LogP contribution in [0.15, 0.2) is 18.2 Å². The van der Waals surface area contributed by atoms with Crippen LogP contribution in [0.1, 0.15) is 31.2 Å². The molecule has 0 unspecified atom stereocenters. The van der Waals surface area contributed by atoms with Crippen LogP contribution in [0, 0.1) is 5.92 Å². The third-order valence-corrected chi connectivity index (χ3v) is 4.56. The van der Waals surface area contributed by atoms with Gasteiger partial charge in [-0.05, 0) is 55.8 Å². The van der Waals surface area contributed by atoms with Crippen molar-refractivity contribution in [1.82, 2.24) is 5.32 Å². The Morgan fingerprint density at radius 3 is 2.50 bits per heavy atom. The van der Waals surface area contributed by atoms with Gasteiger partial charge in [0.25, 0.3) is 0 Å². The zero-order valence-electron chi connectivity index (χ0n) is 10.3. The summed E-state index contributed by atoms with van der Waals surface area (Å²) in [7, 11) is 0. The Hall–Kier alpha value is 0.0500. The number of rotatable bonds is 4. The quantitative estimate of drug-likeness (QED) is 0.782. The second kappa shape index (κ2) is 7.00. The van der Waals surface area contributed by atoms with E-state index in [1.165, 1.54) is 12.8 Å². The first-order valence-electron chi connectivity index (χ1n) is 6.44. The minimum absolute atomic E-state index is 0.395. The van der Waals surface area contributed by atoms with Crippen molar-refractivity contribution >= 4 is 34.8 Å². The summed E-state index contributed by atoms with van der Waals surface area (Å²) in [6, 6.07) is 5.65. The van der Waals surface area contributed by atoms with Crippen LogP contribution in [0.3, 0.4) is 0 Å². The Bertz CT molecular complexity index is 387. The molecular weight excluding hydrogens is 289 g/mol. The van der Waals surface area contributed by atoms with E-state index in [-0.39, 0.29) is 0 Å². The number of nitrogens with one attached hydrogen (secondary N) is 1. The van der Waals surface area contributed by atoms with Gasteiger partial charge in [-0.1, -0.05) is 29.3 Å². The smallest absolute Gasteiger partial charge is 0.0465 e. The van der Waals surface area contributed by atoms with Crippen molar-refractivity contribution in [1.29, 1.82) is 0 Å². The van der Waals surface area contributed by atoms with Gasteiger partial charge in [0.2, 0.25) is 0 Å².